The first-order valence-corrected chi connectivity index (χ1v) is 10.1. The maximum atomic E-state index is 12.3. The molecule has 2 heterocycles. The average Bonchev–Trinajstić information content (AvgIpc) is 3.27. The van der Waals surface area contributed by atoms with Crippen molar-refractivity contribution in [3.63, 3.8) is 0 Å². The molecule has 0 N–H and O–H groups in total. The van der Waals surface area contributed by atoms with E-state index in [0.29, 0.717) is 23.9 Å². The third-order valence-electron chi connectivity index (χ3n) is 4.84. The maximum Gasteiger partial charge on any atom is 0.306 e. The summed E-state index contributed by atoms with van der Waals surface area (Å²) in [6, 6.07) is 7.39. The smallest absolute Gasteiger partial charge is 0.306 e. The van der Waals surface area contributed by atoms with E-state index >= 15 is 0 Å². The van der Waals surface area contributed by atoms with Crippen LogP contribution in [0.25, 0.3) is 11.8 Å². The largest absolute Gasteiger partial charge is 0.455 e. The van der Waals surface area contributed by atoms with Crippen LogP contribution in [0.3, 0.4) is 0 Å². The van der Waals surface area contributed by atoms with Crippen LogP contribution >= 0.6 is 11.6 Å². The Morgan fingerprint density at radius 2 is 2.03 bits per heavy atom. The molecule has 1 aromatic carbocycles. The fraction of sp³-hybridized carbons (Fsp3) is 0.476. The van der Waals surface area contributed by atoms with Crippen molar-refractivity contribution in [1.29, 1.82) is 0 Å². The minimum Gasteiger partial charge on any atom is -0.455 e. The van der Waals surface area contributed by atoms with Crippen LogP contribution in [0.15, 0.2) is 36.9 Å². The number of ether oxygens (including phenoxy) is 3. The number of aromatic nitrogens is 3. The lowest BCUT2D eigenvalue weighted by Crippen LogP contribution is -2.50. The number of hydrogen-bond acceptors (Lipinski definition) is 6. The van der Waals surface area contributed by atoms with Gasteiger partial charge < -0.3 is 14.2 Å². The molecule has 0 aliphatic carbocycles. The first-order valence-electron chi connectivity index (χ1n) is 9.70. The van der Waals surface area contributed by atoms with Crippen LogP contribution in [-0.4, -0.2) is 46.3 Å². The molecule has 1 atom stereocenters. The summed E-state index contributed by atoms with van der Waals surface area (Å²) in [5.41, 5.74) is 0.960. The molecule has 8 heteroatoms. The summed E-state index contributed by atoms with van der Waals surface area (Å²) in [4.78, 5) is 16.4. The molecule has 156 valence electrons. The summed E-state index contributed by atoms with van der Waals surface area (Å²) >= 11 is 6.02. The molecule has 0 spiro atoms. The number of hydrogen-bond donors (Lipinski definition) is 0. The van der Waals surface area contributed by atoms with Gasteiger partial charge in [0.2, 0.25) is 0 Å². The maximum absolute atomic E-state index is 12.3. The predicted octanol–water partition coefficient (Wildman–Crippen LogP) is 4.04. The Bertz CT molecular complexity index is 828. The summed E-state index contributed by atoms with van der Waals surface area (Å²) in [5, 5.41) is 4.92. The van der Waals surface area contributed by atoms with Crippen LogP contribution in [0, 0.1) is 5.41 Å². The topological polar surface area (TPSA) is 75.5 Å². The van der Waals surface area contributed by atoms with Crippen LogP contribution in [0.5, 0.6) is 0 Å². The summed E-state index contributed by atoms with van der Waals surface area (Å²) in [7, 11) is 0. The van der Waals surface area contributed by atoms with E-state index in [1.165, 1.54) is 6.33 Å². The second-order valence-electron chi connectivity index (χ2n) is 7.30. The van der Waals surface area contributed by atoms with E-state index in [2.05, 4.69) is 10.1 Å². The van der Waals surface area contributed by atoms with Gasteiger partial charge in [-0.05, 0) is 30.2 Å². The van der Waals surface area contributed by atoms with Crippen LogP contribution < -0.4 is 0 Å². The van der Waals surface area contributed by atoms with Gasteiger partial charge >= 0.3 is 5.97 Å². The average molecular weight is 420 g/mol. The minimum absolute atomic E-state index is 0.249. The van der Waals surface area contributed by atoms with Gasteiger partial charge in [-0.15, -0.1) is 0 Å². The quantitative estimate of drug-likeness (QED) is 0.630. The van der Waals surface area contributed by atoms with Gasteiger partial charge in [-0.3, -0.25) is 4.79 Å². The summed E-state index contributed by atoms with van der Waals surface area (Å²) < 4.78 is 19.3. The van der Waals surface area contributed by atoms with Crippen molar-refractivity contribution >= 4 is 29.3 Å². The Morgan fingerprint density at radius 1 is 1.34 bits per heavy atom. The van der Waals surface area contributed by atoms with Gasteiger partial charge in [0, 0.05) is 11.4 Å². The van der Waals surface area contributed by atoms with E-state index < -0.39 is 11.5 Å². The third-order valence-corrected chi connectivity index (χ3v) is 5.09. The van der Waals surface area contributed by atoms with Crippen LogP contribution in [0.2, 0.25) is 5.02 Å². The van der Waals surface area contributed by atoms with Crippen molar-refractivity contribution in [2.75, 3.05) is 13.2 Å². The van der Waals surface area contributed by atoms with Crippen molar-refractivity contribution in [3.05, 3.63) is 47.5 Å². The highest BCUT2D eigenvalue weighted by Gasteiger charge is 2.44. The molecular formula is C21H26ClN3O4. The van der Waals surface area contributed by atoms with Crippen molar-refractivity contribution in [3.8, 4) is 0 Å². The molecule has 0 saturated carbocycles. The number of halogens is 1. The number of carbonyl (C=O) groups excluding carboxylic acids is 1. The summed E-state index contributed by atoms with van der Waals surface area (Å²) in [6.07, 6.45) is 5.06. The Kier molecular flexibility index (Phi) is 7.05. The fourth-order valence-electron chi connectivity index (χ4n) is 3.15. The van der Waals surface area contributed by atoms with Crippen molar-refractivity contribution in [1.82, 2.24) is 14.8 Å². The molecule has 1 saturated heterocycles. The SMILES string of the molecule is CCC(=O)OC(/C(=C/c1ccc(Cl)cc1)n1cncn1)C1(C)COC(CC)OC1. The molecule has 7 nitrogen and oxygen atoms in total. The number of nitrogens with zero attached hydrogens (tertiary/aromatic N) is 3. The second-order valence-corrected chi connectivity index (χ2v) is 7.73. The van der Waals surface area contributed by atoms with Gasteiger partial charge in [0.15, 0.2) is 12.4 Å². The highest BCUT2D eigenvalue weighted by atomic mass is 35.5. The minimum atomic E-state index is -0.648. The monoisotopic (exact) mass is 419 g/mol. The number of carbonyl (C=O) groups is 1. The van der Waals surface area contributed by atoms with Gasteiger partial charge in [0.25, 0.3) is 0 Å². The van der Waals surface area contributed by atoms with E-state index in [0.717, 1.165) is 12.0 Å². The standard InChI is InChI=1S/C21H26ClN3O4/c1-4-18(26)29-20(21(3)11-27-19(5-2)28-12-21)17(25-14-23-13-24-25)10-15-6-8-16(22)9-7-15/h6-10,13-14,19-20H,4-5,11-12H2,1-3H3/b17-10-. The van der Waals surface area contributed by atoms with E-state index in [1.54, 1.807) is 30.1 Å². The highest BCUT2D eigenvalue weighted by Crippen LogP contribution is 2.37. The van der Waals surface area contributed by atoms with Gasteiger partial charge in [0.1, 0.15) is 12.7 Å². The molecule has 29 heavy (non-hydrogen) atoms. The molecule has 0 amide bonds. The molecule has 3 rings (SSSR count). The van der Waals surface area contributed by atoms with E-state index in [1.807, 2.05) is 32.1 Å². The van der Waals surface area contributed by atoms with E-state index in [9.17, 15) is 4.79 Å². The van der Waals surface area contributed by atoms with Crippen molar-refractivity contribution in [2.45, 2.75) is 46.0 Å². The van der Waals surface area contributed by atoms with Gasteiger partial charge in [-0.25, -0.2) is 9.67 Å². The van der Waals surface area contributed by atoms with E-state index in [4.69, 9.17) is 25.8 Å². The Morgan fingerprint density at radius 3 is 2.59 bits per heavy atom. The predicted molar refractivity (Wildman–Crippen MR) is 110 cm³/mol. The molecule has 1 aliphatic rings. The van der Waals surface area contributed by atoms with Crippen LogP contribution in [-0.2, 0) is 19.0 Å². The first kappa shape index (κ1) is 21.5. The lowest BCUT2D eigenvalue weighted by atomic mass is 9.82. The van der Waals surface area contributed by atoms with Crippen LogP contribution in [0.4, 0.5) is 0 Å². The lowest BCUT2D eigenvalue weighted by molar-refractivity contribution is -0.242. The van der Waals surface area contributed by atoms with Gasteiger partial charge in [-0.2, -0.15) is 5.10 Å². The molecule has 1 unspecified atom stereocenters. The highest BCUT2D eigenvalue weighted by molar-refractivity contribution is 6.30. The number of benzene rings is 1. The van der Waals surface area contributed by atoms with E-state index in [-0.39, 0.29) is 18.7 Å². The number of rotatable bonds is 7. The Labute approximate surface area is 175 Å². The molecule has 2 aromatic rings. The van der Waals surface area contributed by atoms with Crippen molar-refractivity contribution in [2.24, 2.45) is 5.41 Å². The zero-order chi connectivity index (χ0) is 20.9. The second kappa shape index (κ2) is 9.52. The normalized spacial score (nSPS) is 23.6. The Hall–Kier alpha value is -2.22. The molecule has 1 aliphatic heterocycles. The molecular weight excluding hydrogens is 394 g/mol. The zero-order valence-corrected chi connectivity index (χ0v) is 17.6. The van der Waals surface area contributed by atoms with Crippen molar-refractivity contribution < 1.29 is 19.0 Å². The fourth-order valence-corrected chi connectivity index (χ4v) is 3.28. The third kappa shape index (κ3) is 5.23. The summed E-state index contributed by atoms with van der Waals surface area (Å²) in [6.45, 7) is 6.53. The molecule has 1 aromatic heterocycles. The Balaban J connectivity index is 2.03. The lowest BCUT2D eigenvalue weighted by Gasteiger charge is -2.42. The van der Waals surface area contributed by atoms with Gasteiger partial charge in [-0.1, -0.05) is 44.5 Å². The van der Waals surface area contributed by atoms with Crippen LogP contribution in [0.1, 0.15) is 39.2 Å². The first-order chi connectivity index (χ1) is 13.9. The molecule has 0 bridgehead atoms. The molecule has 0 radical (unpaired) electrons. The summed E-state index contributed by atoms with van der Waals surface area (Å²) in [5.74, 6) is -0.309. The molecule has 1 fully saturated rings. The zero-order valence-electron chi connectivity index (χ0n) is 16.9. The van der Waals surface area contributed by atoms with Gasteiger partial charge in [0.05, 0.1) is 24.3 Å². The number of esters is 1.